The van der Waals surface area contributed by atoms with Gasteiger partial charge in [-0.3, -0.25) is 14.4 Å². The molecule has 0 spiro atoms. The van der Waals surface area contributed by atoms with Crippen molar-refractivity contribution in [1.29, 1.82) is 0 Å². The lowest BCUT2D eigenvalue weighted by atomic mass is 10.1. The largest absolute Gasteiger partial charge is 0.324 e. The Morgan fingerprint density at radius 1 is 1.03 bits per heavy atom. The van der Waals surface area contributed by atoms with Crippen LogP contribution in [0.15, 0.2) is 58.1 Å². The van der Waals surface area contributed by atoms with E-state index in [0.717, 1.165) is 18.5 Å². The average Bonchev–Trinajstić information content (AvgIpc) is 3.56. The van der Waals surface area contributed by atoms with E-state index in [9.17, 15) is 14.4 Å². The predicted molar refractivity (Wildman–Crippen MR) is 109 cm³/mol. The molecule has 1 fully saturated rings. The monoisotopic (exact) mass is 391 g/mol. The van der Waals surface area contributed by atoms with E-state index >= 15 is 0 Å². The molecule has 1 atom stereocenters. The van der Waals surface area contributed by atoms with Gasteiger partial charge < -0.3 is 5.32 Å². The molecule has 4 rings (SSSR count). The Kier molecular flexibility index (Phi) is 4.84. The Hall–Kier alpha value is -3.55. The number of aromatic nitrogens is 4. The minimum atomic E-state index is -0.776. The van der Waals surface area contributed by atoms with E-state index in [0.29, 0.717) is 22.9 Å². The zero-order valence-corrected chi connectivity index (χ0v) is 16.2. The minimum Gasteiger partial charge on any atom is -0.324 e. The summed E-state index contributed by atoms with van der Waals surface area (Å²) in [6.07, 6.45) is 2.12. The Morgan fingerprint density at radius 3 is 2.48 bits per heavy atom. The van der Waals surface area contributed by atoms with Crippen LogP contribution in [-0.2, 0) is 11.8 Å². The first-order valence-electron chi connectivity index (χ1n) is 9.48. The number of rotatable bonds is 5. The number of carbonyl (C=O) groups excluding carboxylic acids is 1. The third-order valence-electron chi connectivity index (χ3n) is 5.01. The summed E-state index contributed by atoms with van der Waals surface area (Å²) in [6.45, 7) is 1.65. The average molecular weight is 391 g/mol. The summed E-state index contributed by atoms with van der Waals surface area (Å²) in [5.74, 6) is 0.0263. The fourth-order valence-corrected chi connectivity index (χ4v) is 3.12. The van der Waals surface area contributed by atoms with E-state index in [1.54, 1.807) is 38.2 Å². The summed E-state index contributed by atoms with van der Waals surface area (Å²) < 4.78 is 2.47. The van der Waals surface area contributed by atoms with Crippen LogP contribution in [0.3, 0.4) is 0 Å². The second-order valence-electron chi connectivity index (χ2n) is 7.21. The molecule has 1 aliphatic carbocycles. The van der Waals surface area contributed by atoms with Gasteiger partial charge in [-0.05, 0) is 38.0 Å². The van der Waals surface area contributed by atoms with Crippen molar-refractivity contribution < 1.29 is 4.79 Å². The molecule has 0 bridgehead atoms. The smallest absolute Gasteiger partial charge is 0.267 e. The SMILES string of the molecule is C[C@@H](C(=O)Nc1ccccc1-c1ccc(=O)n(C)n1)n1nc(C2CC2)ccc1=O. The van der Waals surface area contributed by atoms with Gasteiger partial charge in [-0.25, -0.2) is 9.36 Å². The first-order valence-corrected chi connectivity index (χ1v) is 9.48. The van der Waals surface area contributed by atoms with E-state index < -0.39 is 6.04 Å². The van der Waals surface area contributed by atoms with Gasteiger partial charge in [0.2, 0.25) is 5.91 Å². The molecule has 0 saturated heterocycles. The normalized spacial score (nSPS) is 14.4. The number of para-hydroxylation sites is 1. The van der Waals surface area contributed by atoms with Gasteiger partial charge in [0.25, 0.3) is 11.1 Å². The highest BCUT2D eigenvalue weighted by atomic mass is 16.2. The molecule has 8 nitrogen and oxygen atoms in total. The van der Waals surface area contributed by atoms with E-state index in [1.165, 1.54) is 21.5 Å². The number of hydrogen-bond donors (Lipinski definition) is 1. The molecule has 1 amide bonds. The Labute approximate surface area is 166 Å². The highest BCUT2D eigenvalue weighted by molar-refractivity contribution is 5.97. The lowest BCUT2D eigenvalue weighted by Gasteiger charge is -2.16. The van der Waals surface area contributed by atoms with Gasteiger partial charge in [-0.15, -0.1) is 0 Å². The van der Waals surface area contributed by atoms with Gasteiger partial charge >= 0.3 is 0 Å². The van der Waals surface area contributed by atoms with E-state index in [2.05, 4.69) is 15.5 Å². The molecule has 148 valence electrons. The standard InChI is InChI=1S/C21H21N5O3/c1-13(26-20(28)12-9-16(24-26)14-7-8-14)21(29)22-17-6-4-3-5-15(17)18-10-11-19(27)25(2)23-18/h3-6,9-14H,7-8H2,1-2H3,(H,22,29)/t13-/m0/s1. The number of nitrogens with one attached hydrogen (secondary N) is 1. The zero-order valence-electron chi connectivity index (χ0n) is 16.2. The van der Waals surface area contributed by atoms with Crippen LogP contribution in [0.5, 0.6) is 0 Å². The van der Waals surface area contributed by atoms with Gasteiger partial charge in [0.1, 0.15) is 6.04 Å². The molecule has 2 aromatic heterocycles. The highest BCUT2D eigenvalue weighted by Crippen LogP contribution is 2.38. The highest BCUT2D eigenvalue weighted by Gasteiger charge is 2.27. The second kappa shape index (κ2) is 7.46. The molecule has 1 N–H and O–H groups in total. The van der Waals surface area contributed by atoms with Crippen molar-refractivity contribution in [2.24, 2.45) is 7.05 Å². The van der Waals surface area contributed by atoms with E-state index in [-0.39, 0.29) is 17.0 Å². The van der Waals surface area contributed by atoms with Crippen LogP contribution in [0, 0.1) is 0 Å². The van der Waals surface area contributed by atoms with Crippen LogP contribution in [0.2, 0.25) is 0 Å². The summed E-state index contributed by atoms with van der Waals surface area (Å²) in [4.78, 5) is 36.7. The van der Waals surface area contributed by atoms with Gasteiger partial charge in [-0.2, -0.15) is 10.2 Å². The fourth-order valence-electron chi connectivity index (χ4n) is 3.12. The first-order chi connectivity index (χ1) is 13.9. The number of carbonyl (C=O) groups is 1. The van der Waals surface area contributed by atoms with Crippen LogP contribution < -0.4 is 16.4 Å². The predicted octanol–water partition coefficient (Wildman–Crippen LogP) is 2.08. The van der Waals surface area contributed by atoms with Crippen molar-refractivity contribution in [3.8, 4) is 11.3 Å². The molecular weight excluding hydrogens is 370 g/mol. The van der Waals surface area contributed by atoms with Crippen LogP contribution >= 0.6 is 0 Å². The number of aryl methyl sites for hydroxylation is 1. The van der Waals surface area contributed by atoms with Crippen molar-refractivity contribution in [2.45, 2.75) is 31.7 Å². The molecule has 1 aromatic carbocycles. The summed E-state index contributed by atoms with van der Waals surface area (Å²) in [5.41, 5.74) is 2.09. The number of benzene rings is 1. The zero-order chi connectivity index (χ0) is 20.5. The van der Waals surface area contributed by atoms with Crippen molar-refractivity contribution >= 4 is 11.6 Å². The third kappa shape index (κ3) is 3.87. The van der Waals surface area contributed by atoms with Crippen molar-refractivity contribution in [3.63, 3.8) is 0 Å². The van der Waals surface area contributed by atoms with Crippen LogP contribution in [-0.4, -0.2) is 25.5 Å². The molecule has 0 unspecified atom stereocenters. The lowest BCUT2D eigenvalue weighted by Crippen LogP contribution is -2.33. The number of anilines is 1. The van der Waals surface area contributed by atoms with Gasteiger partial charge in [0.15, 0.2) is 0 Å². The van der Waals surface area contributed by atoms with E-state index in [4.69, 9.17) is 0 Å². The molecule has 8 heteroatoms. The second-order valence-corrected chi connectivity index (χ2v) is 7.21. The molecule has 2 heterocycles. The van der Waals surface area contributed by atoms with Crippen molar-refractivity contribution in [3.05, 3.63) is 74.9 Å². The first kappa shape index (κ1) is 18.8. The Morgan fingerprint density at radius 2 is 1.76 bits per heavy atom. The number of amides is 1. The lowest BCUT2D eigenvalue weighted by molar-refractivity contribution is -0.119. The fraction of sp³-hybridized carbons (Fsp3) is 0.286. The topological polar surface area (TPSA) is 98.9 Å². The van der Waals surface area contributed by atoms with Crippen molar-refractivity contribution in [1.82, 2.24) is 19.6 Å². The molecule has 0 radical (unpaired) electrons. The maximum absolute atomic E-state index is 12.9. The van der Waals surface area contributed by atoms with Gasteiger partial charge in [0.05, 0.1) is 17.1 Å². The van der Waals surface area contributed by atoms with Crippen molar-refractivity contribution in [2.75, 3.05) is 5.32 Å². The Bertz CT molecular complexity index is 1190. The van der Waals surface area contributed by atoms with Gasteiger partial charge in [0, 0.05) is 30.7 Å². The van der Waals surface area contributed by atoms with Crippen LogP contribution in [0.1, 0.15) is 37.4 Å². The summed E-state index contributed by atoms with van der Waals surface area (Å²) in [5, 5.41) is 11.5. The van der Waals surface area contributed by atoms with Crippen LogP contribution in [0.25, 0.3) is 11.3 Å². The minimum absolute atomic E-state index is 0.218. The van der Waals surface area contributed by atoms with Gasteiger partial charge in [-0.1, -0.05) is 18.2 Å². The maximum Gasteiger partial charge on any atom is 0.267 e. The summed E-state index contributed by atoms with van der Waals surface area (Å²) in [7, 11) is 1.57. The molecule has 0 aliphatic heterocycles. The van der Waals surface area contributed by atoms with E-state index in [1.807, 2.05) is 12.1 Å². The molecule has 1 aliphatic rings. The quantitative estimate of drug-likeness (QED) is 0.718. The summed E-state index contributed by atoms with van der Waals surface area (Å²) in [6, 6.07) is 12.7. The molecular formula is C21H21N5O3. The Balaban J connectivity index is 1.62. The number of nitrogens with zero attached hydrogens (tertiary/aromatic N) is 4. The third-order valence-corrected chi connectivity index (χ3v) is 5.01. The maximum atomic E-state index is 12.9. The molecule has 3 aromatic rings. The summed E-state index contributed by atoms with van der Waals surface area (Å²) >= 11 is 0. The molecule has 29 heavy (non-hydrogen) atoms. The number of hydrogen-bond acceptors (Lipinski definition) is 5. The molecule has 1 saturated carbocycles. The van der Waals surface area contributed by atoms with Crippen LogP contribution in [0.4, 0.5) is 5.69 Å².